The molecular formula is C19H15N3O2S2. The predicted molar refractivity (Wildman–Crippen MR) is 107 cm³/mol. The summed E-state index contributed by atoms with van der Waals surface area (Å²) >= 11 is 2.82. The minimum atomic E-state index is -0.167. The van der Waals surface area contributed by atoms with Gasteiger partial charge in [-0.15, -0.1) is 11.3 Å². The third kappa shape index (κ3) is 3.44. The number of fused-ring (bicyclic) bond motifs is 3. The molecular weight excluding hydrogens is 366 g/mol. The van der Waals surface area contributed by atoms with Gasteiger partial charge in [-0.2, -0.15) is 0 Å². The summed E-state index contributed by atoms with van der Waals surface area (Å²) in [6.45, 7) is 0.288. The molecule has 0 aliphatic rings. The fourth-order valence-electron chi connectivity index (χ4n) is 2.68. The summed E-state index contributed by atoms with van der Waals surface area (Å²) in [5, 5.41) is 10.2. The number of hydrogen-bond acceptors (Lipinski definition) is 5. The average Bonchev–Trinajstić information content (AvgIpc) is 3.31. The number of aromatic nitrogens is 1. The molecule has 0 aliphatic carbocycles. The summed E-state index contributed by atoms with van der Waals surface area (Å²) in [7, 11) is 0. The van der Waals surface area contributed by atoms with E-state index in [9.17, 15) is 9.59 Å². The molecule has 5 nitrogen and oxygen atoms in total. The van der Waals surface area contributed by atoms with Gasteiger partial charge in [-0.1, -0.05) is 47.7 Å². The predicted octanol–water partition coefficient (Wildman–Crippen LogP) is 4.27. The SMILES string of the molecule is O=C(CCNC(=O)c1cccs1)Nc1nc2c(ccc3ccccc32)s1. The number of hydrogen-bond donors (Lipinski definition) is 2. The fourth-order valence-corrected chi connectivity index (χ4v) is 4.22. The van der Waals surface area contributed by atoms with E-state index in [4.69, 9.17) is 0 Å². The maximum atomic E-state index is 12.1. The van der Waals surface area contributed by atoms with E-state index in [1.165, 1.54) is 22.7 Å². The van der Waals surface area contributed by atoms with E-state index < -0.39 is 0 Å². The molecule has 2 N–H and O–H groups in total. The zero-order chi connectivity index (χ0) is 17.9. The van der Waals surface area contributed by atoms with Gasteiger partial charge in [-0.25, -0.2) is 4.98 Å². The Hall–Kier alpha value is -2.77. The largest absolute Gasteiger partial charge is 0.351 e. The molecule has 2 aromatic heterocycles. The number of anilines is 1. The van der Waals surface area contributed by atoms with Crippen LogP contribution in [0.2, 0.25) is 0 Å². The molecule has 4 rings (SSSR count). The van der Waals surface area contributed by atoms with Crippen LogP contribution in [0.3, 0.4) is 0 Å². The van der Waals surface area contributed by atoms with Gasteiger partial charge in [-0.3, -0.25) is 9.59 Å². The molecule has 26 heavy (non-hydrogen) atoms. The second-order valence-electron chi connectivity index (χ2n) is 5.68. The Kier molecular flexibility index (Phi) is 4.64. The van der Waals surface area contributed by atoms with Gasteiger partial charge >= 0.3 is 0 Å². The molecule has 0 radical (unpaired) electrons. The smallest absolute Gasteiger partial charge is 0.261 e. The van der Waals surface area contributed by atoms with E-state index in [0.717, 1.165) is 21.0 Å². The first-order chi connectivity index (χ1) is 12.7. The molecule has 0 bridgehead atoms. The number of carbonyl (C=O) groups is 2. The van der Waals surface area contributed by atoms with Crippen LogP contribution in [0.15, 0.2) is 53.9 Å². The van der Waals surface area contributed by atoms with Gasteiger partial charge in [-0.05, 0) is 22.9 Å². The molecule has 2 aromatic carbocycles. The van der Waals surface area contributed by atoms with Crippen molar-refractivity contribution in [3.8, 4) is 0 Å². The Labute approximate surface area is 157 Å². The van der Waals surface area contributed by atoms with Crippen molar-refractivity contribution in [2.75, 3.05) is 11.9 Å². The summed E-state index contributed by atoms with van der Waals surface area (Å²) in [6.07, 6.45) is 0.202. The Morgan fingerprint density at radius 1 is 1.04 bits per heavy atom. The molecule has 7 heteroatoms. The lowest BCUT2D eigenvalue weighted by atomic mass is 10.1. The Balaban J connectivity index is 1.40. The number of nitrogens with zero attached hydrogens (tertiary/aromatic N) is 1. The highest BCUT2D eigenvalue weighted by molar-refractivity contribution is 7.22. The number of carbonyl (C=O) groups excluding carboxylic acids is 2. The van der Waals surface area contributed by atoms with Gasteiger partial charge < -0.3 is 10.6 Å². The monoisotopic (exact) mass is 381 g/mol. The summed E-state index contributed by atoms with van der Waals surface area (Å²) in [4.78, 5) is 29.2. The van der Waals surface area contributed by atoms with E-state index in [0.29, 0.717) is 10.0 Å². The molecule has 130 valence electrons. The number of benzene rings is 2. The summed E-state index contributed by atoms with van der Waals surface area (Å²) < 4.78 is 1.03. The zero-order valence-corrected chi connectivity index (χ0v) is 15.3. The Morgan fingerprint density at radius 2 is 1.92 bits per heavy atom. The fraction of sp³-hybridized carbons (Fsp3) is 0.105. The quantitative estimate of drug-likeness (QED) is 0.542. The minimum Gasteiger partial charge on any atom is -0.351 e. The Bertz CT molecular complexity index is 1090. The van der Waals surface area contributed by atoms with Crippen LogP contribution >= 0.6 is 22.7 Å². The molecule has 0 fully saturated rings. The van der Waals surface area contributed by atoms with Crippen LogP contribution in [0.1, 0.15) is 16.1 Å². The van der Waals surface area contributed by atoms with E-state index in [-0.39, 0.29) is 24.8 Å². The van der Waals surface area contributed by atoms with E-state index >= 15 is 0 Å². The second-order valence-corrected chi connectivity index (χ2v) is 7.66. The van der Waals surface area contributed by atoms with Crippen LogP contribution in [0.5, 0.6) is 0 Å². The summed E-state index contributed by atoms with van der Waals surface area (Å²) in [5.41, 5.74) is 0.898. The molecule has 2 heterocycles. The average molecular weight is 381 g/mol. The second kappa shape index (κ2) is 7.23. The minimum absolute atomic E-state index is 0.153. The van der Waals surface area contributed by atoms with Crippen molar-refractivity contribution in [1.29, 1.82) is 0 Å². The van der Waals surface area contributed by atoms with Gasteiger partial charge in [0.1, 0.15) is 0 Å². The van der Waals surface area contributed by atoms with Crippen molar-refractivity contribution in [2.24, 2.45) is 0 Å². The maximum Gasteiger partial charge on any atom is 0.261 e. The highest BCUT2D eigenvalue weighted by atomic mass is 32.1. The third-order valence-corrected chi connectivity index (χ3v) is 5.72. The van der Waals surface area contributed by atoms with Gasteiger partial charge in [0.05, 0.1) is 15.1 Å². The maximum absolute atomic E-state index is 12.1. The molecule has 0 atom stereocenters. The first-order valence-electron chi connectivity index (χ1n) is 8.10. The summed E-state index contributed by atoms with van der Waals surface area (Å²) in [5.74, 6) is -0.320. The van der Waals surface area contributed by atoms with Gasteiger partial charge in [0.25, 0.3) is 5.91 Å². The third-order valence-electron chi connectivity index (χ3n) is 3.91. The van der Waals surface area contributed by atoms with Gasteiger partial charge in [0.2, 0.25) is 5.91 Å². The molecule has 4 aromatic rings. The topological polar surface area (TPSA) is 71.1 Å². The molecule has 0 spiro atoms. The Morgan fingerprint density at radius 3 is 2.77 bits per heavy atom. The van der Waals surface area contributed by atoms with Gasteiger partial charge in [0, 0.05) is 18.4 Å². The van der Waals surface area contributed by atoms with Crippen molar-refractivity contribution >= 4 is 60.6 Å². The van der Waals surface area contributed by atoms with Crippen molar-refractivity contribution in [3.05, 3.63) is 58.8 Å². The van der Waals surface area contributed by atoms with Crippen molar-refractivity contribution in [3.63, 3.8) is 0 Å². The number of thiazole rings is 1. The van der Waals surface area contributed by atoms with E-state index in [1.54, 1.807) is 6.07 Å². The number of nitrogens with one attached hydrogen (secondary N) is 2. The highest BCUT2D eigenvalue weighted by Gasteiger charge is 2.11. The first-order valence-corrected chi connectivity index (χ1v) is 9.80. The van der Waals surface area contributed by atoms with E-state index in [1.807, 2.05) is 41.8 Å². The molecule has 2 amide bonds. The summed E-state index contributed by atoms with van der Waals surface area (Å²) in [6, 6.07) is 15.7. The highest BCUT2D eigenvalue weighted by Crippen LogP contribution is 2.31. The lowest BCUT2D eigenvalue weighted by Gasteiger charge is -2.03. The molecule has 0 saturated heterocycles. The van der Waals surface area contributed by atoms with Crippen LogP contribution < -0.4 is 10.6 Å². The molecule has 0 aliphatic heterocycles. The van der Waals surface area contributed by atoms with Crippen LogP contribution in [0.25, 0.3) is 21.0 Å². The van der Waals surface area contributed by atoms with Crippen LogP contribution in [-0.4, -0.2) is 23.3 Å². The number of thiophene rings is 1. The van der Waals surface area contributed by atoms with Crippen LogP contribution in [0, 0.1) is 0 Å². The lowest BCUT2D eigenvalue weighted by Crippen LogP contribution is -2.27. The molecule has 0 unspecified atom stereocenters. The first kappa shape index (κ1) is 16.7. The van der Waals surface area contributed by atoms with Crippen LogP contribution in [-0.2, 0) is 4.79 Å². The lowest BCUT2D eigenvalue weighted by molar-refractivity contribution is -0.116. The van der Waals surface area contributed by atoms with Gasteiger partial charge in [0.15, 0.2) is 5.13 Å². The standard InChI is InChI=1S/C19H15N3O2S2/c23-16(9-10-20-18(24)15-6-3-11-25-15)21-19-22-17-13-5-2-1-4-12(13)7-8-14(17)26-19/h1-8,11H,9-10H2,(H,20,24)(H,21,22,23). The van der Waals surface area contributed by atoms with Crippen LogP contribution in [0.4, 0.5) is 5.13 Å². The zero-order valence-electron chi connectivity index (χ0n) is 13.7. The number of amides is 2. The normalized spacial score (nSPS) is 10.9. The van der Waals surface area contributed by atoms with Crippen molar-refractivity contribution in [2.45, 2.75) is 6.42 Å². The van der Waals surface area contributed by atoms with E-state index in [2.05, 4.69) is 21.7 Å². The van der Waals surface area contributed by atoms with Crippen molar-refractivity contribution in [1.82, 2.24) is 10.3 Å². The van der Waals surface area contributed by atoms with Crippen molar-refractivity contribution < 1.29 is 9.59 Å². The number of rotatable bonds is 5. The molecule has 0 saturated carbocycles.